The summed E-state index contributed by atoms with van der Waals surface area (Å²) in [4.78, 5) is 29.7. The zero-order chi connectivity index (χ0) is 24.8. The number of furan rings is 1. The van der Waals surface area contributed by atoms with Gasteiger partial charge in [-0.1, -0.05) is 44.0 Å². The Morgan fingerprint density at radius 3 is 2.54 bits per heavy atom. The Kier molecular flexibility index (Phi) is 7.31. The van der Waals surface area contributed by atoms with Gasteiger partial charge in [-0.05, 0) is 48.4 Å². The Morgan fingerprint density at radius 2 is 1.83 bits per heavy atom. The van der Waals surface area contributed by atoms with Crippen LogP contribution >= 0.6 is 0 Å². The van der Waals surface area contributed by atoms with Crippen LogP contribution in [-0.4, -0.2) is 32.1 Å². The summed E-state index contributed by atoms with van der Waals surface area (Å²) < 4.78 is 32.3. The molecule has 4 rings (SSSR count). The molecule has 1 aromatic heterocycles. The number of carbonyl (C=O) groups excluding carboxylic acids is 2. The van der Waals surface area contributed by atoms with E-state index in [1.807, 2.05) is 6.92 Å². The van der Waals surface area contributed by atoms with E-state index in [0.717, 1.165) is 18.4 Å². The minimum atomic E-state index is -3.68. The van der Waals surface area contributed by atoms with Gasteiger partial charge in [0.15, 0.2) is 5.76 Å². The normalized spacial score (nSPS) is 15.7. The number of aliphatic imine (C=N–C) groups is 1. The maximum absolute atomic E-state index is 13.0. The zero-order valence-corrected chi connectivity index (χ0v) is 20.0. The first-order valence-electron chi connectivity index (χ1n) is 11.3. The third kappa shape index (κ3) is 5.78. The molecule has 35 heavy (non-hydrogen) atoms. The maximum Gasteiger partial charge on any atom is 0.291 e. The molecule has 0 fully saturated rings. The molecule has 2 aromatic carbocycles. The second kappa shape index (κ2) is 10.6. The summed E-state index contributed by atoms with van der Waals surface area (Å²) in [6, 6.07) is 16.1. The van der Waals surface area contributed by atoms with E-state index in [0.29, 0.717) is 17.7 Å². The van der Waals surface area contributed by atoms with Gasteiger partial charge in [0.2, 0.25) is 5.91 Å². The van der Waals surface area contributed by atoms with Crippen molar-refractivity contribution in [2.75, 3.05) is 5.32 Å². The van der Waals surface area contributed by atoms with E-state index < -0.39 is 16.1 Å². The van der Waals surface area contributed by atoms with Crippen LogP contribution in [0.5, 0.6) is 0 Å². The third-order valence-corrected chi connectivity index (χ3v) is 6.90. The standard InChI is InChI=1S/C25H26N4O5S/c1-2-3-8-20(28-23-19-7-4-5-10-22(19)35(32,33)29-23)24(30)26-16-17-11-13-18(14-12-17)27-25(31)21-9-6-15-34-21/h4-7,9-15,20H,2-3,8,16H2,1H3,(H,26,30)(H,27,31)(H,28,29). The van der Waals surface area contributed by atoms with Crippen molar-refractivity contribution < 1.29 is 22.4 Å². The van der Waals surface area contributed by atoms with Crippen molar-refractivity contribution >= 4 is 33.4 Å². The fourth-order valence-corrected chi connectivity index (χ4v) is 4.89. The van der Waals surface area contributed by atoms with Crippen LogP contribution in [0.2, 0.25) is 0 Å². The molecule has 0 spiro atoms. The average Bonchev–Trinajstić information content (AvgIpc) is 3.48. The quantitative estimate of drug-likeness (QED) is 0.420. The molecule has 0 saturated heterocycles. The van der Waals surface area contributed by atoms with Crippen molar-refractivity contribution in [1.82, 2.24) is 10.0 Å². The van der Waals surface area contributed by atoms with Crippen LogP contribution in [0.3, 0.4) is 0 Å². The van der Waals surface area contributed by atoms with E-state index in [2.05, 4.69) is 20.3 Å². The lowest BCUT2D eigenvalue weighted by molar-refractivity contribution is -0.122. The fourth-order valence-electron chi connectivity index (χ4n) is 3.65. The number of hydrogen-bond donors (Lipinski definition) is 3. The number of hydrogen-bond acceptors (Lipinski definition) is 6. The van der Waals surface area contributed by atoms with Crippen LogP contribution in [0.25, 0.3) is 0 Å². The van der Waals surface area contributed by atoms with Gasteiger partial charge in [-0.15, -0.1) is 0 Å². The summed E-state index contributed by atoms with van der Waals surface area (Å²) >= 11 is 0. The molecule has 1 unspecified atom stereocenters. The smallest absolute Gasteiger partial charge is 0.291 e. The first kappa shape index (κ1) is 24.2. The van der Waals surface area contributed by atoms with Crippen molar-refractivity contribution in [1.29, 1.82) is 0 Å². The van der Waals surface area contributed by atoms with Gasteiger partial charge in [-0.3, -0.25) is 19.3 Å². The molecule has 0 radical (unpaired) electrons. The monoisotopic (exact) mass is 494 g/mol. The molecule has 3 aromatic rings. The molecule has 9 nitrogen and oxygen atoms in total. The molecule has 1 aliphatic rings. The second-order valence-electron chi connectivity index (χ2n) is 8.08. The molecule has 3 N–H and O–H groups in total. The molecule has 0 saturated carbocycles. The number of fused-ring (bicyclic) bond motifs is 1. The van der Waals surface area contributed by atoms with Crippen LogP contribution in [-0.2, 0) is 21.4 Å². The molecule has 10 heteroatoms. The maximum atomic E-state index is 13.0. The number of sulfonamides is 1. The van der Waals surface area contributed by atoms with Crippen molar-refractivity contribution in [2.24, 2.45) is 4.99 Å². The summed E-state index contributed by atoms with van der Waals surface area (Å²) in [6.07, 6.45) is 3.57. The van der Waals surface area contributed by atoms with Crippen LogP contribution in [0.4, 0.5) is 5.69 Å². The minimum Gasteiger partial charge on any atom is -0.459 e. The molecular formula is C25H26N4O5S. The Balaban J connectivity index is 1.41. The van der Waals surface area contributed by atoms with Gasteiger partial charge >= 0.3 is 0 Å². The summed E-state index contributed by atoms with van der Waals surface area (Å²) in [5, 5.41) is 5.62. The SMILES string of the molecule is CCCCC(N=C1NS(=O)(=O)c2ccccc21)C(=O)NCc1ccc(NC(=O)c2ccco2)cc1. The molecule has 0 bridgehead atoms. The highest BCUT2D eigenvalue weighted by atomic mass is 32.2. The molecule has 1 aliphatic heterocycles. The first-order valence-corrected chi connectivity index (χ1v) is 12.8. The van der Waals surface area contributed by atoms with Gasteiger partial charge in [-0.25, -0.2) is 8.42 Å². The molecule has 1 atom stereocenters. The van der Waals surface area contributed by atoms with E-state index in [4.69, 9.17) is 4.42 Å². The van der Waals surface area contributed by atoms with E-state index in [1.54, 1.807) is 54.6 Å². The Hall–Kier alpha value is -3.92. The lowest BCUT2D eigenvalue weighted by Gasteiger charge is -2.14. The second-order valence-corrected chi connectivity index (χ2v) is 9.73. The number of benzene rings is 2. The largest absolute Gasteiger partial charge is 0.459 e. The molecular weight excluding hydrogens is 468 g/mol. The number of nitrogens with zero attached hydrogens (tertiary/aromatic N) is 1. The van der Waals surface area contributed by atoms with Gasteiger partial charge in [0.1, 0.15) is 11.9 Å². The molecule has 2 heterocycles. The van der Waals surface area contributed by atoms with E-state index >= 15 is 0 Å². The lowest BCUT2D eigenvalue weighted by Crippen LogP contribution is -2.35. The van der Waals surface area contributed by atoms with Crippen LogP contribution in [0.1, 0.15) is 47.9 Å². The number of amidine groups is 1. The van der Waals surface area contributed by atoms with Gasteiger partial charge in [0.25, 0.3) is 15.9 Å². The van der Waals surface area contributed by atoms with Gasteiger partial charge in [0, 0.05) is 17.8 Å². The van der Waals surface area contributed by atoms with Crippen molar-refractivity contribution in [2.45, 2.75) is 43.7 Å². The number of rotatable bonds is 9. The van der Waals surface area contributed by atoms with E-state index in [-0.39, 0.29) is 34.9 Å². The van der Waals surface area contributed by atoms with E-state index in [1.165, 1.54) is 12.3 Å². The Morgan fingerprint density at radius 1 is 1.06 bits per heavy atom. The van der Waals surface area contributed by atoms with Crippen LogP contribution < -0.4 is 15.4 Å². The summed E-state index contributed by atoms with van der Waals surface area (Å²) in [7, 11) is -3.68. The predicted octanol–water partition coefficient (Wildman–Crippen LogP) is 3.45. The predicted molar refractivity (Wildman–Crippen MR) is 132 cm³/mol. The average molecular weight is 495 g/mol. The minimum absolute atomic E-state index is 0.160. The highest BCUT2D eigenvalue weighted by molar-refractivity contribution is 7.90. The van der Waals surface area contributed by atoms with Crippen molar-refractivity contribution in [3.05, 3.63) is 83.8 Å². The summed E-state index contributed by atoms with van der Waals surface area (Å²) in [5.41, 5.74) is 1.90. The molecule has 182 valence electrons. The highest BCUT2D eigenvalue weighted by Crippen LogP contribution is 2.23. The Labute approximate surface area is 203 Å². The first-order chi connectivity index (χ1) is 16.9. The molecule has 2 amide bonds. The number of unbranched alkanes of at least 4 members (excludes halogenated alkanes) is 1. The van der Waals surface area contributed by atoms with Crippen molar-refractivity contribution in [3.63, 3.8) is 0 Å². The van der Waals surface area contributed by atoms with Crippen molar-refractivity contribution in [3.8, 4) is 0 Å². The van der Waals surface area contributed by atoms with Gasteiger partial charge < -0.3 is 15.1 Å². The van der Waals surface area contributed by atoms with Gasteiger partial charge in [-0.2, -0.15) is 0 Å². The Bertz CT molecular complexity index is 1330. The zero-order valence-electron chi connectivity index (χ0n) is 19.2. The van der Waals surface area contributed by atoms with E-state index in [9.17, 15) is 18.0 Å². The third-order valence-electron chi connectivity index (χ3n) is 5.50. The number of anilines is 1. The van der Waals surface area contributed by atoms with Gasteiger partial charge in [0.05, 0.1) is 11.2 Å². The number of nitrogens with one attached hydrogen (secondary N) is 3. The topological polar surface area (TPSA) is 130 Å². The number of amides is 2. The highest BCUT2D eigenvalue weighted by Gasteiger charge is 2.31. The summed E-state index contributed by atoms with van der Waals surface area (Å²) in [6.45, 7) is 2.28. The lowest BCUT2D eigenvalue weighted by atomic mass is 10.1. The van der Waals surface area contributed by atoms with Crippen LogP contribution in [0, 0.1) is 0 Å². The van der Waals surface area contributed by atoms with Crippen LogP contribution in [0.15, 0.2) is 81.2 Å². The number of carbonyl (C=O) groups is 2. The summed E-state index contributed by atoms with van der Waals surface area (Å²) in [5.74, 6) is -0.232. The fraction of sp³-hybridized carbons (Fsp3) is 0.240. The molecule has 0 aliphatic carbocycles.